The molecule has 0 saturated carbocycles. The molecular weight excluding hydrogens is 337 g/mol. The van der Waals surface area contributed by atoms with Crippen LogP contribution in [0, 0.1) is 5.82 Å². The van der Waals surface area contributed by atoms with Gasteiger partial charge in [0.1, 0.15) is 11.6 Å². The molecule has 0 fully saturated rings. The maximum Gasteiger partial charge on any atom is 0.255 e. The Balaban J connectivity index is 2.17. The number of nitrogens with one attached hydrogen (secondary N) is 1. The second kappa shape index (κ2) is 6.72. The van der Waals surface area contributed by atoms with E-state index in [1.807, 2.05) is 31.2 Å². The fourth-order valence-corrected chi connectivity index (χ4v) is 2.23. The van der Waals surface area contributed by atoms with E-state index in [0.717, 1.165) is 10.0 Å². The van der Waals surface area contributed by atoms with E-state index in [1.54, 1.807) is 0 Å². The predicted octanol–water partition coefficient (Wildman–Crippen LogP) is 4.09. The van der Waals surface area contributed by atoms with E-state index >= 15 is 0 Å². The lowest BCUT2D eigenvalue weighted by Gasteiger charge is -2.16. The molecule has 0 aliphatic rings. The Hall–Kier alpha value is -1.88. The average Bonchev–Trinajstić information content (AvgIpc) is 2.47. The Kier molecular flexibility index (Phi) is 4.96. The van der Waals surface area contributed by atoms with Crippen LogP contribution >= 0.6 is 15.9 Å². The first kappa shape index (κ1) is 15.5. The van der Waals surface area contributed by atoms with Crippen LogP contribution in [0.5, 0.6) is 5.75 Å². The van der Waals surface area contributed by atoms with Crippen molar-refractivity contribution in [3.05, 3.63) is 63.9 Å². The van der Waals surface area contributed by atoms with Crippen molar-refractivity contribution in [1.82, 2.24) is 5.32 Å². The molecule has 2 rings (SSSR count). The van der Waals surface area contributed by atoms with Crippen LogP contribution in [0.15, 0.2) is 46.9 Å². The molecule has 2 aromatic carbocycles. The van der Waals surface area contributed by atoms with Crippen LogP contribution < -0.4 is 10.1 Å². The molecule has 21 heavy (non-hydrogen) atoms. The lowest BCUT2D eigenvalue weighted by Crippen LogP contribution is -2.27. The van der Waals surface area contributed by atoms with E-state index in [4.69, 9.17) is 4.74 Å². The van der Waals surface area contributed by atoms with Crippen molar-refractivity contribution in [3.8, 4) is 5.75 Å². The van der Waals surface area contributed by atoms with Gasteiger partial charge in [0.25, 0.3) is 5.91 Å². The number of hydrogen-bond acceptors (Lipinski definition) is 2. The Morgan fingerprint density at radius 3 is 2.52 bits per heavy atom. The summed E-state index contributed by atoms with van der Waals surface area (Å²) in [6.45, 7) is 1.87. The Morgan fingerprint density at radius 2 is 1.90 bits per heavy atom. The van der Waals surface area contributed by atoms with Crippen LogP contribution in [-0.4, -0.2) is 13.0 Å². The third kappa shape index (κ3) is 3.82. The van der Waals surface area contributed by atoms with Gasteiger partial charge in [-0.05, 0) is 42.8 Å². The topological polar surface area (TPSA) is 38.3 Å². The molecule has 1 atom stereocenters. The zero-order chi connectivity index (χ0) is 15.4. The second-order valence-electron chi connectivity index (χ2n) is 4.59. The molecular formula is C16H15BrFNO2. The van der Waals surface area contributed by atoms with Crippen molar-refractivity contribution in [2.75, 3.05) is 7.11 Å². The summed E-state index contributed by atoms with van der Waals surface area (Å²) in [6, 6.07) is 11.3. The summed E-state index contributed by atoms with van der Waals surface area (Å²) in [5.74, 6) is -0.504. The molecule has 0 aliphatic heterocycles. The number of methoxy groups -OCH3 is 1. The monoisotopic (exact) mass is 351 g/mol. The SMILES string of the molecule is COc1ccc(F)cc1C(=O)N[C@H](C)c1ccc(Br)cc1. The minimum absolute atomic E-state index is 0.182. The van der Waals surface area contributed by atoms with Crippen molar-refractivity contribution < 1.29 is 13.9 Å². The van der Waals surface area contributed by atoms with Crippen LogP contribution in [0.2, 0.25) is 0 Å². The molecule has 0 saturated heterocycles. The van der Waals surface area contributed by atoms with Gasteiger partial charge < -0.3 is 10.1 Å². The lowest BCUT2D eigenvalue weighted by molar-refractivity contribution is 0.0936. The second-order valence-corrected chi connectivity index (χ2v) is 5.51. The highest BCUT2D eigenvalue weighted by Gasteiger charge is 2.16. The first-order chi connectivity index (χ1) is 10.0. The van der Waals surface area contributed by atoms with Crippen molar-refractivity contribution in [2.45, 2.75) is 13.0 Å². The highest BCUT2D eigenvalue weighted by molar-refractivity contribution is 9.10. The van der Waals surface area contributed by atoms with Gasteiger partial charge in [0.2, 0.25) is 0 Å². The van der Waals surface area contributed by atoms with Gasteiger partial charge in [-0.2, -0.15) is 0 Å². The quantitative estimate of drug-likeness (QED) is 0.900. The zero-order valence-corrected chi connectivity index (χ0v) is 13.3. The molecule has 3 nitrogen and oxygen atoms in total. The summed E-state index contributed by atoms with van der Waals surface area (Å²) >= 11 is 3.36. The summed E-state index contributed by atoms with van der Waals surface area (Å²) in [7, 11) is 1.45. The summed E-state index contributed by atoms with van der Waals surface area (Å²) in [5.41, 5.74) is 1.14. The number of amides is 1. The molecule has 0 radical (unpaired) electrons. The lowest BCUT2D eigenvalue weighted by atomic mass is 10.1. The molecule has 0 spiro atoms. The highest BCUT2D eigenvalue weighted by atomic mass is 79.9. The molecule has 0 unspecified atom stereocenters. The number of hydrogen-bond donors (Lipinski definition) is 1. The van der Waals surface area contributed by atoms with Gasteiger partial charge in [0, 0.05) is 4.47 Å². The van der Waals surface area contributed by atoms with Crippen LogP contribution in [-0.2, 0) is 0 Å². The fraction of sp³-hybridized carbons (Fsp3) is 0.188. The van der Waals surface area contributed by atoms with Gasteiger partial charge >= 0.3 is 0 Å². The maximum atomic E-state index is 13.3. The van der Waals surface area contributed by atoms with Gasteiger partial charge in [0.05, 0.1) is 18.7 Å². The highest BCUT2D eigenvalue weighted by Crippen LogP contribution is 2.21. The van der Waals surface area contributed by atoms with E-state index in [-0.39, 0.29) is 17.5 Å². The third-order valence-electron chi connectivity index (χ3n) is 3.12. The largest absolute Gasteiger partial charge is 0.496 e. The Bertz CT molecular complexity index is 643. The van der Waals surface area contributed by atoms with Crippen molar-refractivity contribution in [3.63, 3.8) is 0 Å². The number of ether oxygens (including phenoxy) is 1. The van der Waals surface area contributed by atoms with Gasteiger partial charge in [-0.1, -0.05) is 28.1 Å². The number of carbonyl (C=O) groups is 1. The molecule has 0 bridgehead atoms. The number of halogens is 2. The fourth-order valence-electron chi connectivity index (χ4n) is 1.97. The van der Waals surface area contributed by atoms with E-state index < -0.39 is 5.82 Å². The molecule has 0 heterocycles. The first-order valence-corrected chi connectivity index (χ1v) is 7.20. The Morgan fingerprint density at radius 1 is 1.24 bits per heavy atom. The summed E-state index contributed by atoms with van der Waals surface area (Å²) in [6.07, 6.45) is 0. The van der Waals surface area contributed by atoms with Crippen LogP contribution in [0.4, 0.5) is 4.39 Å². The standard InChI is InChI=1S/C16H15BrFNO2/c1-10(11-3-5-12(17)6-4-11)19-16(20)14-9-13(18)7-8-15(14)21-2/h3-10H,1-2H3,(H,19,20)/t10-/m1/s1. The van der Waals surface area contributed by atoms with Gasteiger partial charge in [0.15, 0.2) is 0 Å². The molecule has 1 amide bonds. The van der Waals surface area contributed by atoms with E-state index in [1.165, 1.54) is 25.3 Å². The normalized spacial score (nSPS) is 11.8. The summed E-state index contributed by atoms with van der Waals surface area (Å²) in [5, 5.41) is 2.83. The number of benzene rings is 2. The molecule has 0 aliphatic carbocycles. The Labute approximate surface area is 131 Å². The summed E-state index contributed by atoms with van der Waals surface area (Å²) < 4.78 is 19.4. The zero-order valence-electron chi connectivity index (χ0n) is 11.7. The molecule has 110 valence electrons. The van der Waals surface area contributed by atoms with Crippen molar-refractivity contribution in [1.29, 1.82) is 0 Å². The van der Waals surface area contributed by atoms with Crippen molar-refractivity contribution in [2.24, 2.45) is 0 Å². The molecule has 0 aromatic heterocycles. The van der Waals surface area contributed by atoms with Gasteiger partial charge in [-0.15, -0.1) is 0 Å². The van der Waals surface area contributed by atoms with Crippen LogP contribution in [0.25, 0.3) is 0 Å². The molecule has 5 heteroatoms. The summed E-state index contributed by atoms with van der Waals surface area (Å²) in [4.78, 5) is 12.3. The van der Waals surface area contributed by atoms with Gasteiger partial charge in [-0.3, -0.25) is 4.79 Å². The first-order valence-electron chi connectivity index (χ1n) is 6.41. The number of carbonyl (C=O) groups excluding carboxylic acids is 1. The maximum absolute atomic E-state index is 13.3. The van der Waals surface area contributed by atoms with E-state index in [2.05, 4.69) is 21.2 Å². The minimum atomic E-state index is -0.475. The minimum Gasteiger partial charge on any atom is -0.496 e. The van der Waals surface area contributed by atoms with E-state index in [0.29, 0.717) is 5.75 Å². The van der Waals surface area contributed by atoms with Gasteiger partial charge in [-0.25, -0.2) is 4.39 Å². The third-order valence-corrected chi connectivity index (χ3v) is 3.65. The predicted molar refractivity (Wildman–Crippen MR) is 83.0 cm³/mol. The molecule has 1 N–H and O–H groups in total. The number of rotatable bonds is 4. The van der Waals surface area contributed by atoms with Crippen LogP contribution in [0.1, 0.15) is 28.9 Å². The molecule has 2 aromatic rings. The average molecular weight is 352 g/mol. The van der Waals surface area contributed by atoms with Crippen LogP contribution in [0.3, 0.4) is 0 Å². The van der Waals surface area contributed by atoms with E-state index in [9.17, 15) is 9.18 Å². The van der Waals surface area contributed by atoms with Crippen molar-refractivity contribution >= 4 is 21.8 Å². The smallest absolute Gasteiger partial charge is 0.255 e.